The highest BCUT2D eigenvalue weighted by Gasteiger charge is 2.16. The molecule has 1 atom stereocenters. The third kappa shape index (κ3) is 5.95. The van der Waals surface area contributed by atoms with Gasteiger partial charge in [0, 0.05) is 12.5 Å². The minimum Gasteiger partial charge on any atom is -0.425 e. The van der Waals surface area contributed by atoms with E-state index in [-0.39, 0.29) is 12.2 Å². The summed E-state index contributed by atoms with van der Waals surface area (Å²) in [5, 5.41) is 0. The molecule has 0 saturated carbocycles. The van der Waals surface area contributed by atoms with Crippen molar-refractivity contribution in [3.05, 3.63) is 12.2 Å². The van der Waals surface area contributed by atoms with Gasteiger partial charge in [-0.1, -0.05) is 13.5 Å². The molecule has 1 unspecified atom stereocenters. The van der Waals surface area contributed by atoms with Gasteiger partial charge in [-0.15, -0.1) is 0 Å². The van der Waals surface area contributed by atoms with Crippen LogP contribution in [0.1, 0.15) is 33.6 Å². The van der Waals surface area contributed by atoms with Gasteiger partial charge in [-0.2, -0.15) is 0 Å². The largest absolute Gasteiger partial charge is 0.425 e. The third-order valence-electron chi connectivity index (χ3n) is 1.68. The summed E-state index contributed by atoms with van der Waals surface area (Å²) in [5.74, 6) is -1.62. The average molecular weight is 228 g/mol. The predicted molar refractivity (Wildman–Crippen MR) is 56.4 cm³/mol. The van der Waals surface area contributed by atoms with E-state index in [1.54, 1.807) is 6.92 Å². The monoisotopic (exact) mass is 228 g/mol. The number of carbonyl (C=O) groups is 3. The van der Waals surface area contributed by atoms with Crippen molar-refractivity contribution in [3.8, 4) is 0 Å². The Balaban J connectivity index is 4.03. The lowest BCUT2D eigenvalue weighted by Gasteiger charge is -2.13. The number of ether oxygens (including phenoxy) is 2. The second kappa shape index (κ2) is 6.76. The summed E-state index contributed by atoms with van der Waals surface area (Å²) in [4.78, 5) is 32.8. The van der Waals surface area contributed by atoms with Crippen LogP contribution >= 0.6 is 0 Å². The van der Waals surface area contributed by atoms with Crippen molar-refractivity contribution < 1.29 is 23.9 Å². The van der Waals surface area contributed by atoms with Gasteiger partial charge in [0.1, 0.15) is 12.2 Å². The van der Waals surface area contributed by atoms with Crippen molar-refractivity contribution in [2.75, 3.05) is 0 Å². The minimum absolute atomic E-state index is 0.300. The average Bonchev–Trinajstić information content (AvgIpc) is 2.14. The smallest absolute Gasteiger partial charge is 0.336 e. The third-order valence-corrected chi connectivity index (χ3v) is 1.68. The number of esters is 2. The summed E-state index contributed by atoms with van der Waals surface area (Å²) in [7, 11) is 0. The van der Waals surface area contributed by atoms with Crippen molar-refractivity contribution >= 4 is 17.7 Å². The number of ketones is 1. The second-order valence-corrected chi connectivity index (χ2v) is 3.30. The van der Waals surface area contributed by atoms with E-state index in [0.29, 0.717) is 12.0 Å². The molecular formula is C11H16O5. The van der Waals surface area contributed by atoms with Gasteiger partial charge < -0.3 is 9.47 Å². The number of rotatable bonds is 6. The zero-order chi connectivity index (χ0) is 12.7. The molecule has 16 heavy (non-hydrogen) atoms. The van der Waals surface area contributed by atoms with Gasteiger partial charge >= 0.3 is 11.9 Å². The van der Waals surface area contributed by atoms with Gasteiger partial charge in [0.15, 0.2) is 0 Å². The maximum Gasteiger partial charge on any atom is 0.336 e. The van der Waals surface area contributed by atoms with Gasteiger partial charge in [0.25, 0.3) is 0 Å². The molecule has 0 N–H and O–H groups in total. The quantitative estimate of drug-likeness (QED) is 0.297. The van der Waals surface area contributed by atoms with Crippen molar-refractivity contribution in [2.24, 2.45) is 0 Å². The van der Waals surface area contributed by atoms with Crippen LogP contribution in [-0.2, 0) is 23.9 Å². The van der Waals surface area contributed by atoms with Crippen LogP contribution in [0, 0.1) is 0 Å². The molecule has 90 valence electrons. The summed E-state index contributed by atoms with van der Waals surface area (Å²) >= 11 is 0. The summed E-state index contributed by atoms with van der Waals surface area (Å²) in [6, 6.07) is 0. The molecule has 0 bridgehead atoms. The van der Waals surface area contributed by atoms with Crippen molar-refractivity contribution in [1.82, 2.24) is 0 Å². The van der Waals surface area contributed by atoms with Crippen LogP contribution in [0.4, 0.5) is 0 Å². The highest BCUT2D eigenvalue weighted by molar-refractivity contribution is 5.94. The fraction of sp³-hybridized carbons (Fsp3) is 0.545. The Bertz CT molecular complexity index is 305. The second-order valence-electron chi connectivity index (χ2n) is 3.30. The number of carbonyl (C=O) groups excluding carboxylic acids is 3. The molecule has 5 heteroatoms. The topological polar surface area (TPSA) is 69.7 Å². The van der Waals surface area contributed by atoms with Crippen molar-refractivity contribution in [3.63, 3.8) is 0 Å². The highest BCUT2D eigenvalue weighted by atomic mass is 16.7. The first-order valence-electron chi connectivity index (χ1n) is 4.94. The Morgan fingerprint density at radius 3 is 2.25 bits per heavy atom. The lowest BCUT2D eigenvalue weighted by molar-refractivity contribution is -0.181. The van der Waals surface area contributed by atoms with Gasteiger partial charge in [-0.05, 0) is 13.3 Å². The van der Waals surface area contributed by atoms with Crippen LogP contribution in [0.25, 0.3) is 0 Å². The fourth-order valence-electron chi connectivity index (χ4n) is 0.833. The highest BCUT2D eigenvalue weighted by Crippen LogP contribution is 2.04. The summed E-state index contributed by atoms with van der Waals surface area (Å²) < 4.78 is 9.44. The molecule has 0 saturated heterocycles. The first kappa shape index (κ1) is 14.3. The molecule has 0 aromatic carbocycles. The number of Topliss-reactive ketones (excluding diaryl/α,β-unsaturated/α-hetero) is 1. The van der Waals surface area contributed by atoms with Crippen LogP contribution in [0.2, 0.25) is 0 Å². The van der Waals surface area contributed by atoms with Crippen LogP contribution < -0.4 is 0 Å². The Labute approximate surface area is 94.4 Å². The van der Waals surface area contributed by atoms with Crippen molar-refractivity contribution in [1.29, 1.82) is 0 Å². The maximum absolute atomic E-state index is 11.2. The molecular weight excluding hydrogens is 212 g/mol. The van der Waals surface area contributed by atoms with Gasteiger partial charge in [-0.25, -0.2) is 4.79 Å². The standard InChI is InChI=1S/C11H16O5/c1-5-7(2)11(14)16-9(4)15-10(13)6-8(3)12/h9H,2,5-6H2,1,3-4H3. The van der Waals surface area contributed by atoms with Gasteiger partial charge in [-0.3, -0.25) is 9.59 Å². The van der Waals surface area contributed by atoms with E-state index in [2.05, 4.69) is 11.3 Å². The summed E-state index contributed by atoms with van der Waals surface area (Å²) in [5.41, 5.74) is 0.300. The van der Waals surface area contributed by atoms with E-state index < -0.39 is 18.2 Å². The zero-order valence-electron chi connectivity index (χ0n) is 9.74. The van der Waals surface area contributed by atoms with E-state index in [9.17, 15) is 14.4 Å². The van der Waals surface area contributed by atoms with Gasteiger partial charge in [0.2, 0.25) is 6.29 Å². The van der Waals surface area contributed by atoms with Crippen LogP contribution in [0.5, 0.6) is 0 Å². The van der Waals surface area contributed by atoms with E-state index in [4.69, 9.17) is 4.74 Å². The van der Waals surface area contributed by atoms with Crippen LogP contribution in [0.15, 0.2) is 12.2 Å². The van der Waals surface area contributed by atoms with E-state index in [1.807, 2.05) is 0 Å². The molecule has 0 spiro atoms. The fourth-order valence-corrected chi connectivity index (χ4v) is 0.833. The molecule has 0 heterocycles. The predicted octanol–water partition coefficient (Wildman–Crippen LogP) is 1.36. The molecule has 5 nitrogen and oxygen atoms in total. The SMILES string of the molecule is C=C(CC)C(=O)OC(C)OC(=O)CC(C)=O. The first-order chi connectivity index (χ1) is 7.36. The maximum atomic E-state index is 11.2. The molecule has 0 amide bonds. The van der Waals surface area contributed by atoms with Gasteiger partial charge in [0.05, 0.1) is 0 Å². The molecule has 0 aromatic rings. The molecule has 0 aliphatic rings. The number of hydrogen-bond donors (Lipinski definition) is 0. The van der Waals surface area contributed by atoms with Crippen LogP contribution in [-0.4, -0.2) is 24.0 Å². The van der Waals surface area contributed by atoms with E-state index in [0.717, 1.165) is 0 Å². The lowest BCUT2D eigenvalue weighted by atomic mass is 10.2. The first-order valence-corrected chi connectivity index (χ1v) is 4.94. The summed E-state index contributed by atoms with van der Waals surface area (Å²) in [6.07, 6.45) is -0.869. The lowest BCUT2D eigenvalue weighted by Crippen LogP contribution is -2.23. The van der Waals surface area contributed by atoms with Crippen LogP contribution in [0.3, 0.4) is 0 Å². The molecule has 0 aromatic heterocycles. The Morgan fingerprint density at radius 2 is 1.81 bits per heavy atom. The molecule has 0 rings (SSSR count). The zero-order valence-corrected chi connectivity index (χ0v) is 9.74. The van der Waals surface area contributed by atoms with E-state index in [1.165, 1.54) is 13.8 Å². The molecule has 0 fully saturated rings. The number of hydrogen-bond acceptors (Lipinski definition) is 5. The molecule has 0 aliphatic heterocycles. The minimum atomic E-state index is -1.01. The molecule has 0 aliphatic carbocycles. The Hall–Kier alpha value is -1.65. The normalized spacial score (nSPS) is 11.4. The summed E-state index contributed by atoms with van der Waals surface area (Å²) in [6.45, 7) is 7.92. The Kier molecular flexibility index (Phi) is 6.07. The van der Waals surface area contributed by atoms with Crippen molar-refractivity contribution in [2.45, 2.75) is 39.9 Å². The molecule has 0 radical (unpaired) electrons. The Morgan fingerprint density at radius 1 is 1.25 bits per heavy atom. The van der Waals surface area contributed by atoms with E-state index >= 15 is 0 Å².